The molecule has 2 N–H and O–H groups in total. The van der Waals surface area contributed by atoms with Crippen molar-refractivity contribution < 1.29 is 4.79 Å². The molecule has 1 heterocycles. The summed E-state index contributed by atoms with van der Waals surface area (Å²) in [5.74, 6) is 1.51. The number of Topliss-reactive ketones (excluding diaryl/α,β-unsaturated/α-hetero) is 1. The fourth-order valence-corrected chi connectivity index (χ4v) is 2.61. The van der Waals surface area contributed by atoms with Crippen LogP contribution in [0.5, 0.6) is 0 Å². The van der Waals surface area contributed by atoms with Crippen LogP contribution in [0, 0.1) is 11.8 Å². The summed E-state index contributed by atoms with van der Waals surface area (Å²) < 4.78 is 0. The number of carbonyl (C=O) groups excluding carboxylic acids is 1. The van der Waals surface area contributed by atoms with Gasteiger partial charge in [-0.3, -0.25) is 4.79 Å². The number of nitrogens with zero attached hydrogens (tertiary/aromatic N) is 1. The van der Waals surface area contributed by atoms with Gasteiger partial charge in [-0.25, -0.2) is 0 Å². The maximum absolute atomic E-state index is 11.5. The van der Waals surface area contributed by atoms with E-state index in [-0.39, 0.29) is 5.78 Å². The molecule has 3 nitrogen and oxygen atoms in total. The summed E-state index contributed by atoms with van der Waals surface area (Å²) in [5, 5.41) is 0. The van der Waals surface area contributed by atoms with Gasteiger partial charge in [0.2, 0.25) is 0 Å². The highest BCUT2D eigenvalue weighted by atomic mass is 16.1. The van der Waals surface area contributed by atoms with Gasteiger partial charge in [-0.15, -0.1) is 0 Å². The van der Waals surface area contributed by atoms with Gasteiger partial charge in [0.15, 0.2) is 5.78 Å². The minimum absolute atomic E-state index is 0.0361. The van der Waals surface area contributed by atoms with E-state index in [2.05, 4.69) is 18.7 Å². The van der Waals surface area contributed by atoms with E-state index in [1.165, 1.54) is 6.42 Å². The lowest BCUT2D eigenvalue weighted by atomic mass is 9.95. The molecule has 0 spiro atoms. The van der Waals surface area contributed by atoms with E-state index in [0.717, 1.165) is 30.6 Å². The summed E-state index contributed by atoms with van der Waals surface area (Å²) in [6.45, 7) is 8.27. The van der Waals surface area contributed by atoms with Gasteiger partial charge in [0, 0.05) is 30.0 Å². The molecule has 3 heteroatoms. The molecule has 1 aromatic carbocycles. The quantitative estimate of drug-likeness (QED) is 0.659. The number of rotatable bonds is 3. The van der Waals surface area contributed by atoms with E-state index >= 15 is 0 Å². The largest absolute Gasteiger partial charge is 0.398 e. The normalized spacial score (nSPS) is 19.6. The molecule has 0 saturated carbocycles. The summed E-state index contributed by atoms with van der Waals surface area (Å²) in [7, 11) is 0. The summed E-state index contributed by atoms with van der Waals surface area (Å²) in [6.07, 6.45) is 1.23. The number of carbonyl (C=O) groups is 1. The molecular formula is C15H22N2O. The van der Waals surface area contributed by atoms with Crippen molar-refractivity contribution in [1.29, 1.82) is 0 Å². The van der Waals surface area contributed by atoms with Crippen molar-refractivity contribution in [1.82, 2.24) is 0 Å². The van der Waals surface area contributed by atoms with Crippen LogP contribution < -0.4 is 10.6 Å². The molecule has 1 atom stereocenters. The Bertz CT molecular complexity index is 454. The number of ketones is 1. The third kappa shape index (κ3) is 2.50. The summed E-state index contributed by atoms with van der Waals surface area (Å²) >= 11 is 0. The van der Waals surface area contributed by atoms with Crippen molar-refractivity contribution in [3.05, 3.63) is 23.8 Å². The molecule has 1 aliphatic rings. The fourth-order valence-electron chi connectivity index (χ4n) is 2.61. The molecule has 2 rings (SSSR count). The fraction of sp³-hybridized carbons (Fsp3) is 0.533. The molecule has 0 aromatic heterocycles. The maximum atomic E-state index is 11.5. The SMILES string of the molecule is CC(=O)c1cc(N2CCC(C(C)C)C2)ccc1N. The van der Waals surface area contributed by atoms with Crippen LogP contribution in [0.4, 0.5) is 11.4 Å². The molecule has 18 heavy (non-hydrogen) atoms. The molecule has 0 amide bonds. The Labute approximate surface area is 109 Å². The summed E-state index contributed by atoms with van der Waals surface area (Å²) in [5.41, 5.74) is 8.16. The van der Waals surface area contributed by atoms with Gasteiger partial charge in [0.1, 0.15) is 0 Å². The van der Waals surface area contributed by atoms with Crippen LogP contribution in [0.25, 0.3) is 0 Å². The highest BCUT2D eigenvalue weighted by molar-refractivity contribution is 6.00. The summed E-state index contributed by atoms with van der Waals surface area (Å²) in [4.78, 5) is 13.9. The van der Waals surface area contributed by atoms with Gasteiger partial charge in [0.05, 0.1) is 0 Å². The average Bonchev–Trinajstić information content (AvgIpc) is 2.78. The zero-order valence-corrected chi connectivity index (χ0v) is 11.4. The molecule has 1 saturated heterocycles. The Morgan fingerprint density at radius 3 is 2.72 bits per heavy atom. The first kappa shape index (κ1) is 12.9. The number of hydrogen-bond donors (Lipinski definition) is 1. The van der Waals surface area contributed by atoms with E-state index in [1.807, 2.05) is 18.2 Å². The van der Waals surface area contributed by atoms with Gasteiger partial charge in [-0.2, -0.15) is 0 Å². The molecule has 98 valence electrons. The summed E-state index contributed by atoms with van der Waals surface area (Å²) in [6, 6.07) is 5.79. The Balaban J connectivity index is 2.20. The minimum atomic E-state index is 0.0361. The highest BCUT2D eigenvalue weighted by Crippen LogP contribution is 2.30. The van der Waals surface area contributed by atoms with Gasteiger partial charge in [-0.05, 0) is 43.4 Å². The Morgan fingerprint density at radius 1 is 1.44 bits per heavy atom. The van der Waals surface area contributed by atoms with Crippen molar-refractivity contribution in [3.63, 3.8) is 0 Å². The number of nitrogens with two attached hydrogens (primary N) is 1. The van der Waals surface area contributed by atoms with Crippen molar-refractivity contribution >= 4 is 17.2 Å². The molecule has 0 bridgehead atoms. The van der Waals surface area contributed by atoms with Gasteiger partial charge in [-0.1, -0.05) is 13.8 Å². The zero-order valence-electron chi connectivity index (χ0n) is 11.4. The monoisotopic (exact) mass is 246 g/mol. The topological polar surface area (TPSA) is 46.3 Å². The van der Waals surface area contributed by atoms with Crippen molar-refractivity contribution in [2.45, 2.75) is 27.2 Å². The first-order valence-corrected chi connectivity index (χ1v) is 6.64. The second kappa shape index (κ2) is 5.01. The van der Waals surface area contributed by atoms with Crippen molar-refractivity contribution in [2.24, 2.45) is 11.8 Å². The van der Waals surface area contributed by atoms with Crippen molar-refractivity contribution in [3.8, 4) is 0 Å². The van der Waals surface area contributed by atoms with E-state index in [0.29, 0.717) is 11.3 Å². The predicted octanol–water partition coefficient (Wildman–Crippen LogP) is 2.95. The average molecular weight is 246 g/mol. The van der Waals surface area contributed by atoms with E-state index in [4.69, 9.17) is 5.73 Å². The highest BCUT2D eigenvalue weighted by Gasteiger charge is 2.25. The maximum Gasteiger partial charge on any atom is 0.161 e. The number of hydrogen-bond acceptors (Lipinski definition) is 3. The number of benzene rings is 1. The standard InChI is InChI=1S/C15H22N2O/c1-10(2)12-6-7-17(9-12)13-4-5-15(16)14(8-13)11(3)18/h4-5,8,10,12H,6-7,9,16H2,1-3H3. The van der Waals surface area contributed by atoms with Crippen LogP contribution in [0.15, 0.2) is 18.2 Å². The van der Waals surface area contributed by atoms with Crippen LogP contribution in [-0.4, -0.2) is 18.9 Å². The molecular weight excluding hydrogens is 224 g/mol. The van der Waals surface area contributed by atoms with Gasteiger partial charge < -0.3 is 10.6 Å². The molecule has 1 fully saturated rings. The third-order valence-electron chi connectivity index (χ3n) is 3.95. The molecule has 1 aliphatic heterocycles. The van der Waals surface area contributed by atoms with E-state index < -0.39 is 0 Å². The van der Waals surface area contributed by atoms with Crippen LogP contribution in [0.1, 0.15) is 37.6 Å². The zero-order chi connectivity index (χ0) is 13.3. The Kier molecular flexibility index (Phi) is 3.60. The molecule has 0 aliphatic carbocycles. The van der Waals surface area contributed by atoms with Crippen LogP contribution in [-0.2, 0) is 0 Å². The predicted molar refractivity (Wildman–Crippen MR) is 76.0 cm³/mol. The second-order valence-electron chi connectivity index (χ2n) is 5.57. The second-order valence-corrected chi connectivity index (χ2v) is 5.57. The number of anilines is 2. The Hall–Kier alpha value is -1.51. The van der Waals surface area contributed by atoms with Crippen molar-refractivity contribution in [2.75, 3.05) is 23.7 Å². The first-order valence-electron chi connectivity index (χ1n) is 6.64. The minimum Gasteiger partial charge on any atom is -0.398 e. The van der Waals surface area contributed by atoms with E-state index in [1.54, 1.807) is 6.92 Å². The molecule has 0 radical (unpaired) electrons. The van der Waals surface area contributed by atoms with E-state index in [9.17, 15) is 4.79 Å². The Morgan fingerprint density at radius 2 is 2.17 bits per heavy atom. The lowest BCUT2D eigenvalue weighted by Crippen LogP contribution is -2.21. The molecule has 1 unspecified atom stereocenters. The molecule has 1 aromatic rings. The van der Waals surface area contributed by atoms with Gasteiger partial charge >= 0.3 is 0 Å². The smallest absolute Gasteiger partial charge is 0.161 e. The lowest BCUT2D eigenvalue weighted by molar-refractivity contribution is 0.101. The third-order valence-corrected chi connectivity index (χ3v) is 3.95. The van der Waals surface area contributed by atoms with Crippen LogP contribution in [0.3, 0.4) is 0 Å². The first-order chi connectivity index (χ1) is 8.49. The van der Waals surface area contributed by atoms with Crippen LogP contribution >= 0.6 is 0 Å². The van der Waals surface area contributed by atoms with Gasteiger partial charge in [0.25, 0.3) is 0 Å². The number of nitrogen functional groups attached to an aromatic ring is 1. The lowest BCUT2D eigenvalue weighted by Gasteiger charge is -2.21. The van der Waals surface area contributed by atoms with Crippen LogP contribution in [0.2, 0.25) is 0 Å².